The van der Waals surface area contributed by atoms with E-state index >= 15 is 0 Å². The first-order valence-corrected chi connectivity index (χ1v) is 9.58. The standard InChI is InChI=1S/C19H23N3OS/c1-22-16-7-8-17(22)10-14(9-16)20-18(23)11-15-12-24-19(21-15)13-5-3-2-4-6-13/h2-6,12,14,16-17H,7-11H2,1H3,(H,20,23)/t16-,17-/m0/s1. The highest BCUT2D eigenvalue weighted by atomic mass is 32.1. The van der Waals surface area contributed by atoms with Crippen LogP contribution in [0.2, 0.25) is 0 Å². The normalized spacial score (nSPS) is 26.5. The molecule has 126 valence electrons. The summed E-state index contributed by atoms with van der Waals surface area (Å²) in [6.07, 6.45) is 5.11. The molecule has 2 fully saturated rings. The van der Waals surface area contributed by atoms with Crippen LogP contribution in [0, 0.1) is 0 Å². The number of aromatic nitrogens is 1. The highest BCUT2D eigenvalue weighted by molar-refractivity contribution is 7.13. The molecule has 1 amide bonds. The van der Waals surface area contributed by atoms with E-state index in [-0.39, 0.29) is 5.91 Å². The van der Waals surface area contributed by atoms with E-state index in [1.807, 2.05) is 23.6 Å². The molecule has 0 unspecified atom stereocenters. The molecule has 1 N–H and O–H groups in total. The molecule has 2 aliphatic heterocycles. The number of thiazole rings is 1. The van der Waals surface area contributed by atoms with Gasteiger partial charge in [0.25, 0.3) is 0 Å². The smallest absolute Gasteiger partial charge is 0.226 e. The van der Waals surface area contributed by atoms with Crippen molar-refractivity contribution in [2.24, 2.45) is 0 Å². The molecule has 2 bridgehead atoms. The van der Waals surface area contributed by atoms with Crippen molar-refractivity contribution < 1.29 is 4.79 Å². The minimum Gasteiger partial charge on any atom is -0.353 e. The molecule has 0 spiro atoms. The van der Waals surface area contributed by atoms with Crippen LogP contribution in [-0.2, 0) is 11.2 Å². The zero-order valence-electron chi connectivity index (χ0n) is 13.9. The van der Waals surface area contributed by atoms with Gasteiger partial charge in [0.1, 0.15) is 5.01 Å². The first-order valence-electron chi connectivity index (χ1n) is 8.70. The monoisotopic (exact) mass is 341 g/mol. The lowest BCUT2D eigenvalue weighted by atomic mass is 9.98. The van der Waals surface area contributed by atoms with Crippen LogP contribution in [-0.4, -0.2) is 41.0 Å². The Hall–Kier alpha value is -1.72. The Kier molecular flexibility index (Phi) is 4.37. The molecule has 4 rings (SSSR count). The van der Waals surface area contributed by atoms with Gasteiger partial charge in [-0.1, -0.05) is 30.3 Å². The van der Waals surface area contributed by atoms with Crippen LogP contribution in [0.15, 0.2) is 35.7 Å². The van der Waals surface area contributed by atoms with E-state index in [4.69, 9.17) is 0 Å². The van der Waals surface area contributed by atoms with Gasteiger partial charge in [0.2, 0.25) is 5.91 Å². The van der Waals surface area contributed by atoms with Crippen LogP contribution >= 0.6 is 11.3 Å². The Balaban J connectivity index is 1.35. The number of fused-ring (bicyclic) bond motifs is 2. The van der Waals surface area contributed by atoms with Crippen molar-refractivity contribution in [3.05, 3.63) is 41.4 Å². The van der Waals surface area contributed by atoms with Gasteiger partial charge in [-0.05, 0) is 32.7 Å². The van der Waals surface area contributed by atoms with Crippen LogP contribution in [0.3, 0.4) is 0 Å². The van der Waals surface area contributed by atoms with E-state index < -0.39 is 0 Å². The second-order valence-corrected chi connectivity index (χ2v) is 7.83. The molecule has 1 aromatic heterocycles. The third-order valence-corrected chi connectivity index (χ3v) is 6.32. The number of amides is 1. The average Bonchev–Trinajstić information content (AvgIpc) is 3.10. The molecule has 0 saturated carbocycles. The number of nitrogens with one attached hydrogen (secondary N) is 1. The summed E-state index contributed by atoms with van der Waals surface area (Å²) in [5, 5.41) is 6.22. The number of hydrogen-bond donors (Lipinski definition) is 1. The summed E-state index contributed by atoms with van der Waals surface area (Å²) in [5.74, 6) is 0.105. The molecule has 4 nitrogen and oxygen atoms in total. The predicted molar refractivity (Wildman–Crippen MR) is 97.0 cm³/mol. The lowest BCUT2D eigenvalue weighted by molar-refractivity contribution is -0.121. The third-order valence-electron chi connectivity index (χ3n) is 5.38. The number of nitrogens with zero attached hydrogens (tertiary/aromatic N) is 2. The number of carbonyl (C=O) groups is 1. The molecule has 2 saturated heterocycles. The number of carbonyl (C=O) groups excluding carboxylic acids is 1. The average molecular weight is 341 g/mol. The fourth-order valence-corrected chi connectivity index (χ4v) is 4.90. The Morgan fingerprint density at radius 2 is 1.96 bits per heavy atom. The topological polar surface area (TPSA) is 45.2 Å². The van der Waals surface area contributed by atoms with Crippen molar-refractivity contribution in [3.8, 4) is 10.6 Å². The van der Waals surface area contributed by atoms with E-state index in [0.717, 1.165) is 29.1 Å². The summed E-state index contributed by atoms with van der Waals surface area (Å²) in [4.78, 5) is 19.5. The summed E-state index contributed by atoms with van der Waals surface area (Å²) in [5.41, 5.74) is 1.98. The lowest BCUT2D eigenvalue weighted by Crippen LogP contribution is -2.49. The number of piperidine rings is 1. The maximum atomic E-state index is 12.4. The third kappa shape index (κ3) is 3.23. The second-order valence-electron chi connectivity index (χ2n) is 6.97. The molecular formula is C19H23N3OS. The fraction of sp³-hybridized carbons (Fsp3) is 0.474. The SMILES string of the molecule is CN1[C@H]2CC[C@H]1CC(NC(=O)Cc1csc(-c3ccccc3)n1)C2. The minimum atomic E-state index is 0.105. The fourth-order valence-electron chi connectivity index (χ4n) is 4.07. The molecule has 0 radical (unpaired) electrons. The molecule has 1 aromatic carbocycles. The second kappa shape index (κ2) is 6.65. The quantitative estimate of drug-likeness (QED) is 0.929. The molecule has 2 aliphatic rings. The van der Waals surface area contributed by atoms with Crippen molar-refractivity contribution in [1.82, 2.24) is 15.2 Å². The molecule has 24 heavy (non-hydrogen) atoms. The van der Waals surface area contributed by atoms with E-state index in [1.54, 1.807) is 11.3 Å². The summed E-state index contributed by atoms with van der Waals surface area (Å²) in [6.45, 7) is 0. The maximum Gasteiger partial charge on any atom is 0.226 e. The van der Waals surface area contributed by atoms with Gasteiger partial charge in [-0.2, -0.15) is 0 Å². The molecule has 0 aliphatic carbocycles. The van der Waals surface area contributed by atoms with Crippen molar-refractivity contribution in [3.63, 3.8) is 0 Å². The highest BCUT2D eigenvalue weighted by Crippen LogP contribution is 2.34. The summed E-state index contributed by atoms with van der Waals surface area (Å²) >= 11 is 1.60. The minimum absolute atomic E-state index is 0.105. The van der Waals surface area contributed by atoms with Crippen LogP contribution in [0.5, 0.6) is 0 Å². The van der Waals surface area contributed by atoms with Crippen molar-refractivity contribution in [2.75, 3.05) is 7.05 Å². The Labute approximate surface area is 146 Å². The van der Waals surface area contributed by atoms with Gasteiger partial charge in [0.05, 0.1) is 12.1 Å². The van der Waals surface area contributed by atoms with Gasteiger partial charge in [-0.3, -0.25) is 4.79 Å². The van der Waals surface area contributed by atoms with Crippen molar-refractivity contribution >= 4 is 17.2 Å². The van der Waals surface area contributed by atoms with Crippen LogP contribution in [0.4, 0.5) is 0 Å². The highest BCUT2D eigenvalue weighted by Gasteiger charge is 2.38. The maximum absolute atomic E-state index is 12.4. The van der Waals surface area contributed by atoms with Gasteiger partial charge in [0, 0.05) is 29.1 Å². The summed E-state index contributed by atoms with van der Waals surface area (Å²) in [6, 6.07) is 11.8. The van der Waals surface area contributed by atoms with Crippen molar-refractivity contribution in [2.45, 2.75) is 50.2 Å². The number of hydrogen-bond acceptors (Lipinski definition) is 4. The number of rotatable bonds is 4. The van der Waals surface area contributed by atoms with Crippen LogP contribution < -0.4 is 5.32 Å². The van der Waals surface area contributed by atoms with Crippen molar-refractivity contribution in [1.29, 1.82) is 0 Å². The van der Waals surface area contributed by atoms with E-state index in [1.165, 1.54) is 12.8 Å². The number of benzene rings is 1. The Morgan fingerprint density at radius 1 is 1.25 bits per heavy atom. The zero-order valence-corrected chi connectivity index (χ0v) is 14.8. The summed E-state index contributed by atoms with van der Waals surface area (Å²) in [7, 11) is 2.22. The first kappa shape index (κ1) is 15.8. The zero-order chi connectivity index (χ0) is 16.5. The van der Waals surface area contributed by atoms with Gasteiger partial charge >= 0.3 is 0 Å². The van der Waals surface area contributed by atoms with Crippen LogP contribution in [0.25, 0.3) is 10.6 Å². The molecule has 2 atom stereocenters. The Morgan fingerprint density at radius 3 is 2.67 bits per heavy atom. The van der Waals surface area contributed by atoms with Gasteiger partial charge in [0.15, 0.2) is 0 Å². The van der Waals surface area contributed by atoms with E-state index in [9.17, 15) is 4.79 Å². The van der Waals surface area contributed by atoms with Gasteiger partial charge < -0.3 is 10.2 Å². The predicted octanol–water partition coefficient (Wildman–Crippen LogP) is 3.09. The molecule has 5 heteroatoms. The van der Waals surface area contributed by atoms with E-state index in [0.29, 0.717) is 24.5 Å². The van der Waals surface area contributed by atoms with Crippen LogP contribution in [0.1, 0.15) is 31.4 Å². The van der Waals surface area contributed by atoms with Gasteiger partial charge in [-0.15, -0.1) is 11.3 Å². The van der Waals surface area contributed by atoms with Gasteiger partial charge in [-0.25, -0.2) is 4.98 Å². The summed E-state index contributed by atoms with van der Waals surface area (Å²) < 4.78 is 0. The first-order chi connectivity index (χ1) is 11.7. The van der Waals surface area contributed by atoms with E-state index in [2.05, 4.69) is 34.4 Å². The molecular weight excluding hydrogens is 318 g/mol. The molecule has 2 aromatic rings. The largest absolute Gasteiger partial charge is 0.353 e. The lowest BCUT2D eigenvalue weighted by Gasteiger charge is -2.36. The molecule has 3 heterocycles. The Bertz CT molecular complexity index is 700.